The Labute approximate surface area is 197 Å². The lowest BCUT2D eigenvalue weighted by Crippen LogP contribution is -2.59. The van der Waals surface area contributed by atoms with Crippen molar-refractivity contribution in [1.29, 1.82) is 0 Å². The Morgan fingerprint density at radius 3 is 2.42 bits per heavy atom. The molecule has 1 aliphatic carbocycles. The summed E-state index contributed by atoms with van der Waals surface area (Å²) in [7, 11) is -3.57. The highest BCUT2D eigenvalue weighted by Gasteiger charge is 2.47. The van der Waals surface area contributed by atoms with Gasteiger partial charge in [-0.3, -0.25) is 4.79 Å². The van der Waals surface area contributed by atoms with E-state index in [2.05, 4.69) is 18.2 Å². The first-order valence-electron chi connectivity index (χ1n) is 11.5. The number of carbonyl (C=O) groups excluding carboxylic acids is 1. The minimum atomic E-state index is -3.57. The summed E-state index contributed by atoms with van der Waals surface area (Å²) in [5.41, 5.74) is 0.612. The zero-order valence-electron chi connectivity index (χ0n) is 18.3. The molecule has 3 heterocycles. The number of ether oxygens (including phenoxy) is 1. The van der Waals surface area contributed by atoms with Crippen molar-refractivity contribution in [3.63, 3.8) is 0 Å². The Morgan fingerprint density at radius 1 is 1.00 bits per heavy atom. The quantitative estimate of drug-likeness (QED) is 0.561. The Kier molecular flexibility index (Phi) is 5.10. The van der Waals surface area contributed by atoms with E-state index < -0.39 is 15.6 Å². The SMILES string of the molecule is O=C1COC2(CCN(S(=O)(=O)c3ccc(-c4cc5ccccc5s4)cc3)CC2)CN1C1CC1. The molecule has 3 aliphatic rings. The third kappa shape index (κ3) is 3.89. The van der Waals surface area contributed by atoms with Gasteiger partial charge in [0.05, 0.1) is 17.0 Å². The number of piperidine rings is 1. The maximum Gasteiger partial charge on any atom is 0.248 e. The molecule has 1 spiro atoms. The number of sulfonamides is 1. The molecule has 172 valence electrons. The van der Waals surface area contributed by atoms with E-state index in [0.717, 1.165) is 23.3 Å². The largest absolute Gasteiger partial charge is 0.363 e. The monoisotopic (exact) mass is 482 g/mol. The van der Waals surface area contributed by atoms with Crippen LogP contribution in [0.25, 0.3) is 20.5 Å². The Hall–Kier alpha value is -2.26. The van der Waals surface area contributed by atoms with Gasteiger partial charge in [-0.2, -0.15) is 4.31 Å². The standard InChI is InChI=1S/C25H26N2O4S2/c28-24-16-31-25(17-27(24)20-7-8-20)11-13-26(14-12-25)33(29,30)21-9-5-18(6-10-21)23-15-19-3-1-2-4-22(19)32-23/h1-6,9-10,15,20H,7-8,11-14,16-17H2. The molecule has 33 heavy (non-hydrogen) atoms. The maximum absolute atomic E-state index is 13.3. The van der Waals surface area contributed by atoms with Gasteiger partial charge in [0.25, 0.3) is 0 Å². The molecule has 0 atom stereocenters. The molecule has 2 aliphatic heterocycles. The molecular weight excluding hydrogens is 456 g/mol. The summed E-state index contributed by atoms with van der Waals surface area (Å²) in [5, 5.41) is 1.20. The minimum Gasteiger partial charge on any atom is -0.363 e. The molecule has 6 nitrogen and oxygen atoms in total. The van der Waals surface area contributed by atoms with Crippen molar-refractivity contribution in [2.45, 2.75) is 42.2 Å². The van der Waals surface area contributed by atoms with Gasteiger partial charge in [0, 0.05) is 28.7 Å². The van der Waals surface area contributed by atoms with Crippen molar-refractivity contribution in [3.05, 3.63) is 54.6 Å². The molecule has 2 aromatic carbocycles. The molecule has 0 radical (unpaired) electrons. The predicted molar refractivity (Wildman–Crippen MR) is 129 cm³/mol. The van der Waals surface area contributed by atoms with Crippen LogP contribution in [0.4, 0.5) is 0 Å². The molecular formula is C25H26N2O4S2. The highest BCUT2D eigenvalue weighted by atomic mass is 32.2. The second-order valence-electron chi connectivity index (χ2n) is 9.30. The summed E-state index contributed by atoms with van der Waals surface area (Å²) in [6.07, 6.45) is 3.37. The average Bonchev–Trinajstić information content (AvgIpc) is 3.59. The van der Waals surface area contributed by atoms with Crippen molar-refractivity contribution in [3.8, 4) is 10.4 Å². The summed E-state index contributed by atoms with van der Waals surface area (Å²) >= 11 is 1.71. The summed E-state index contributed by atoms with van der Waals surface area (Å²) in [6, 6.07) is 18.0. The highest BCUT2D eigenvalue weighted by Crippen LogP contribution is 2.38. The average molecular weight is 483 g/mol. The van der Waals surface area contributed by atoms with E-state index in [1.165, 1.54) is 10.1 Å². The van der Waals surface area contributed by atoms with Crippen LogP contribution in [0.5, 0.6) is 0 Å². The van der Waals surface area contributed by atoms with E-state index in [1.807, 2.05) is 29.2 Å². The number of thiophene rings is 1. The fourth-order valence-electron chi connectivity index (χ4n) is 4.96. The number of carbonyl (C=O) groups is 1. The fourth-order valence-corrected chi connectivity index (χ4v) is 7.47. The molecule has 3 fully saturated rings. The van der Waals surface area contributed by atoms with Gasteiger partial charge >= 0.3 is 0 Å². The van der Waals surface area contributed by atoms with Crippen LogP contribution in [0.1, 0.15) is 25.7 Å². The molecule has 0 bridgehead atoms. The number of hydrogen-bond donors (Lipinski definition) is 0. The van der Waals surface area contributed by atoms with Gasteiger partial charge in [-0.25, -0.2) is 8.42 Å². The van der Waals surface area contributed by atoms with Gasteiger partial charge < -0.3 is 9.64 Å². The van der Waals surface area contributed by atoms with E-state index in [0.29, 0.717) is 43.4 Å². The second kappa shape index (κ2) is 7.91. The number of hydrogen-bond acceptors (Lipinski definition) is 5. The van der Waals surface area contributed by atoms with Crippen molar-refractivity contribution in [2.75, 3.05) is 26.2 Å². The van der Waals surface area contributed by atoms with E-state index in [4.69, 9.17) is 4.74 Å². The number of morpholine rings is 1. The summed E-state index contributed by atoms with van der Waals surface area (Å²) in [5.74, 6) is 0.0666. The van der Waals surface area contributed by atoms with Crippen LogP contribution in [-0.2, 0) is 19.6 Å². The topological polar surface area (TPSA) is 66.9 Å². The fraction of sp³-hybridized carbons (Fsp3) is 0.400. The van der Waals surface area contributed by atoms with Gasteiger partial charge in [-0.05, 0) is 60.9 Å². The zero-order valence-corrected chi connectivity index (χ0v) is 19.9. The van der Waals surface area contributed by atoms with Crippen molar-refractivity contribution in [2.24, 2.45) is 0 Å². The molecule has 1 saturated carbocycles. The van der Waals surface area contributed by atoms with E-state index in [9.17, 15) is 13.2 Å². The van der Waals surface area contributed by atoms with E-state index >= 15 is 0 Å². The number of amides is 1. The van der Waals surface area contributed by atoms with Crippen LogP contribution in [-0.4, -0.2) is 61.4 Å². The third-order valence-electron chi connectivity index (χ3n) is 7.10. The molecule has 1 amide bonds. The van der Waals surface area contributed by atoms with Crippen LogP contribution < -0.4 is 0 Å². The number of benzene rings is 2. The van der Waals surface area contributed by atoms with Crippen molar-refractivity contribution >= 4 is 37.4 Å². The van der Waals surface area contributed by atoms with E-state index in [1.54, 1.807) is 27.8 Å². The minimum absolute atomic E-state index is 0.0666. The Balaban J connectivity index is 1.16. The summed E-state index contributed by atoms with van der Waals surface area (Å²) in [6.45, 7) is 1.52. The third-order valence-corrected chi connectivity index (χ3v) is 10.2. The maximum atomic E-state index is 13.3. The first kappa shape index (κ1) is 21.3. The van der Waals surface area contributed by atoms with Crippen LogP contribution in [0.15, 0.2) is 59.5 Å². The lowest BCUT2D eigenvalue weighted by atomic mass is 9.90. The summed E-state index contributed by atoms with van der Waals surface area (Å²) in [4.78, 5) is 15.6. The molecule has 1 aromatic heterocycles. The van der Waals surface area contributed by atoms with Crippen molar-refractivity contribution in [1.82, 2.24) is 9.21 Å². The molecule has 0 unspecified atom stereocenters. The van der Waals surface area contributed by atoms with Crippen LogP contribution in [0.3, 0.4) is 0 Å². The summed E-state index contributed by atoms with van der Waals surface area (Å²) < 4.78 is 35.4. The van der Waals surface area contributed by atoms with Crippen LogP contribution >= 0.6 is 11.3 Å². The molecule has 8 heteroatoms. The highest BCUT2D eigenvalue weighted by molar-refractivity contribution is 7.89. The number of nitrogens with zero attached hydrogens (tertiary/aromatic N) is 2. The van der Waals surface area contributed by atoms with Gasteiger partial charge in [0.1, 0.15) is 6.61 Å². The smallest absolute Gasteiger partial charge is 0.248 e. The normalized spacial score (nSPS) is 21.7. The molecule has 2 saturated heterocycles. The number of fused-ring (bicyclic) bond motifs is 1. The Bertz CT molecular complexity index is 1270. The molecule has 3 aromatic rings. The lowest BCUT2D eigenvalue weighted by molar-refractivity contribution is -0.170. The Morgan fingerprint density at radius 2 is 1.73 bits per heavy atom. The zero-order chi connectivity index (χ0) is 22.6. The lowest BCUT2D eigenvalue weighted by Gasteiger charge is -2.46. The number of rotatable bonds is 4. The first-order valence-corrected chi connectivity index (χ1v) is 13.7. The van der Waals surface area contributed by atoms with Crippen molar-refractivity contribution < 1.29 is 17.9 Å². The molecule has 0 N–H and O–H groups in total. The van der Waals surface area contributed by atoms with Crippen LogP contribution in [0, 0.1) is 0 Å². The predicted octanol–water partition coefficient (Wildman–Crippen LogP) is 4.11. The van der Waals surface area contributed by atoms with Crippen LogP contribution in [0.2, 0.25) is 0 Å². The second-order valence-corrected chi connectivity index (χ2v) is 12.3. The molecule has 6 rings (SSSR count). The first-order chi connectivity index (χ1) is 15.9. The van der Waals surface area contributed by atoms with Gasteiger partial charge in [-0.15, -0.1) is 11.3 Å². The van der Waals surface area contributed by atoms with Gasteiger partial charge in [0.2, 0.25) is 15.9 Å². The van der Waals surface area contributed by atoms with E-state index in [-0.39, 0.29) is 12.5 Å². The van der Waals surface area contributed by atoms with Gasteiger partial charge in [0.15, 0.2) is 0 Å². The van der Waals surface area contributed by atoms with Gasteiger partial charge in [-0.1, -0.05) is 30.3 Å².